The lowest BCUT2D eigenvalue weighted by atomic mass is 10.0. The van der Waals surface area contributed by atoms with Crippen LogP contribution in [0.25, 0.3) is 0 Å². The van der Waals surface area contributed by atoms with Gasteiger partial charge >= 0.3 is 5.97 Å². The Kier molecular flexibility index (Phi) is 7.46. The van der Waals surface area contributed by atoms with Gasteiger partial charge in [0.05, 0.1) is 18.0 Å². The molecule has 1 fully saturated rings. The highest BCUT2D eigenvalue weighted by Crippen LogP contribution is 2.30. The summed E-state index contributed by atoms with van der Waals surface area (Å²) in [6, 6.07) is 5.30. The van der Waals surface area contributed by atoms with Crippen molar-refractivity contribution in [3.05, 3.63) is 29.3 Å². The Morgan fingerprint density at radius 3 is 2.38 bits per heavy atom. The maximum absolute atomic E-state index is 13.1. The van der Waals surface area contributed by atoms with Crippen LogP contribution in [0.3, 0.4) is 0 Å². The van der Waals surface area contributed by atoms with Crippen LogP contribution in [-0.4, -0.2) is 52.6 Å². The normalized spacial score (nSPS) is 16.3. The molecule has 1 aliphatic heterocycles. The van der Waals surface area contributed by atoms with Gasteiger partial charge in [-0.05, 0) is 38.8 Å². The number of hydrogen-bond donors (Lipinski definition) is 0. The summed E-state index contributed by atoms with van der Waals surface area (Å²) in [6.45, 7) is 9.96. The Morgan fingerprint density at radius 2 is 1.88 bits per heavy atom. The fourth-order valence-corrected chi connectivity index (χ4v) is 4.39. The fourth-order valence-electron chi connectivity index (χ4n) is 3.13. The van der Waals surface area contributed by atoms with Gasteiger partial charge in [0.15, 0.2) is 0 Å². The van der Waals surface area contributed by atoms with Gasteiger partial charge in [-0.2, -0.15) is 0 Å². The summed E-state index contributed by atoms with van der Waals surface area (Å²) in [6.07, 6.45) is 0.517. The predicted molar refractivity (Wildman–Crippen MR) is 111 cm³/mol. The molecule has 142 valence electrons. The molecule has 1 unspecified atom stereocenters. The van der Waals surface area contributed by atoms with Gasteiger partial charge in [0.1, 0.15) is 10.4 Å². The topological polar surface area (TPSA) is 49.9 Å². The predicted octanol–water partition coefficient (Wildman–Crippen LogP) is 3.31. The number of thioether (sulfide) groups is 1. The number of ether oxygens (including phenoxy) is 1. The van der Waals surface area contributed by atoms with E-state index < -0.39 is 6.04 Å². The van der Waals surface area contributed by atoms with Crippen molar-refractivity contribution >= 4 is 45.9 Å². The third-order valence-electron chi connectivity index (χ3n) is 4.51. The summed E-state index contributed by atoms with van der Waals surface area (Å²) < 4.78 is 5.83. The Morgan fingerprint density at radius 1 is 1.27 bits per heavy atom. The number of anilines is 1. The molecule has 1 aromatic rings. The molecule has 1 saturated heterocycles. The molecule has 5 nitrogen and oxygen atoms in total. The van der Waals surface area contributed by atoms with Crippen LogP contribution in [0.15, 0.2) is 18.2 Å². The van der Waals surface area contributed by atoms with E-state index in [1.807, 2.05) is 50.8 Å². The number of hydrogen-bond acceptors (Lipinski definition) is 5. The number of para-hydroxylation sites is 1. The van der Waals surface area contributed by atoms with E-state index in [0.717, 1.165) is 29.9 Å². The highest BCUT2D eigenvalue weighted by atomic mass is 32.2. The van der Waals surface area contributed by atoms with E-state index in [4.69, 9.17) is 17.0 Å². The van der Waals surface area contributed by atoms with Gasteiger partial charge in [0, 0.05) is 19.5 Å². The van der Waals surface area contributed by atoms with E-state index in [1.165, 1.54) is 11.8 Å². The summed E-state index contributed by atoms with van der Waals surface area (Å²) in [5, 5.41) is 0. The van der Waals surface area contributed by atoms with E-state index in [1.54, 1.807) is 4.90 Å². The Balaban J connectivity index is 2.25. The summed E-state index contributed by atoms with van der Waals surface area (Å²) >= 11 is 6.78. The van der Waals surface area contributed by atoms with Gasteiger partial charge in [-0.25, -0.2) is 4.79 Å². The van der Waals surface area contributed by atoms with Crippen molar-refractivity contribution in [1.82, 2.24) is 4.90 Å². The Bertz CT molecular complexity index is 669. The molecule has 0 aromatic heterocycles. The van der Waals surface area contributed by atoms with Crippen molar-refractivity contribution in [2.45, 2.75) is 40.2 Å². The van der Waals surface area contributed by atoms with Crippen LogP contribution < -0.4 is 4.90 Å². The van der Waals surface area contributed by atoms with E-state index in [-0.39, 0.29) is 17.6 Å². The molecular formula is C19H26N2O3S2. The lowest BCUT2D eigenvalue weighted by molar-refractivity contribution is -0.140. The van der Waals surface area contributed by atoms with E-state index in [2.05, 4.69) is 0 Å². The van der Waals surface area contributed by atoms with Gasteiger partial charge in [0.2, 0.25) is 5.91 Å². The number of esters is 1. The number of nitrogens with zero attached hydrogens (tertiary/aromatic N) is 2. The van der Waals surface area contributed by atoms with E-state index in [0.29, 0.717) is 17.3 Å². The summed E-state index contributed by atoms with van der Waals surface area (Å²) in [7, 11) is 0. The zero-order valence-corrected chi connectivity index (χ0v) is 17.4. The minimum absolute atomic E-state index is 0.120. The second-order valence-corrected chi connectivity index (χ2v) is 7.81. The number of thiocarbonyl (C=S) groups is 1. The van der Waals surface area contributed by atoms with Crippen LogP contribution in [-0.2, 0) is 14.3 Å². The lowest BCUT2D eigenvalue weighted by Crippen LogP contribution is -2.45. The van der Waals surface area contributed by atoms with Crippen molar-refractivity contribution in [2.24, 2.45) is 0 Å². The highest BCUT2D eigenvalue weighted by Gasteiger charge is 2.37. The molecule has 1 aliphatic rings. The van der Waals surface area contributed by atoms with Crippen LogP contribution in [0.5, 0.6) is 0 Å². The minimum atomic E-state index is -0.565. The van der Waals surface area contributed by atoms with Crippen LogP contribution in [0.4, 0.5) is 5.69 Å². The lowest BCUT2D eigenvalue weighted by Gasteiger charge is -2.30. The van der Waals surface area contributed by atoms with Gasteiger partial charge < -0.3 is 9.64 Å². The molecule has 2 rings (SSSR count). The number of carbonyl (C=O) groups excluding carboxylic acids is 2. The van der Waals surface area contributed by atoms with E-state index >= 15 is 0 Å². The molecule has 26 heavy (non-hydrogen) atoms. The van der Waals surface area contributed by atoms with Crippen molar-refractivity contribution in [2.75, 3.05) is 30.3 Å². The number of rotatable bonds is 6. The largest absolute Gasteiger partial charge is 0.464 e. The molecule has 0 N–H and O–H groups in total. The van der Waals surface area contributed by atoms with E-state index in [9.17, 15) is 9.59 Å². The molecule has 0 bridgehead atoms. The molecule has 0 aliphatic carbocycles. The van der Waals surface area contributed by atoms with Crippen molar-refractivity contribution < 1.29 is 14.3 Å². The van der Waals surface area contributed by atoms with Gasteiger partial charge in [0.25, 0.3) is 0 Å². The summed E-state index contributed by atoms with van der Waals surface area (Å²) in [5.74, 6) is -0.254. The zero-order chi connectivity index (χ0) is 19.3. The second kappa shape index (κ2) is 9.37. The van der Waals surface area contributed by atoms with Crippen LogP contribution in [0.2, 0.25) is 0 Å². The van der Waals surface area contributed by atoms with Gasteiger partial charge in [-0.15, -0.1) is 0 Å². The average Bonchev–Trinajstić information content (AvgIpc) is 3.03. The second-order valence-electron chi connectivity index (χ2n) is 6.20. The monoisotopic (exact) mass is 394 g/mol. The number of amides is 1. The first-order valence-electron chi connectivity index (χ1n) is 8.87. The molecule has 1 amide bonds. The third kappa shape index (κ3) is 4.57. The standard InChI is InChI=1S/C19H26N2O3S2/c1-5-20(6-2)19(25)26-12-16(22)21(15-10-11-24-18(15)23)17-13(3)8-7-9-14(17)4/h7-9,15H,5-6,10-12H2,1-4H3. The van der Waals surface area contributed by atoms with Crippen molar-refractivity contribution in [3.63, 3.8) is 0 Å². The molecule has 0 spiro atoms. The van der Waals surface area contributed by atoms with Gasteiger partial charge in [-0.1, -0.05) is 42.2 Å². The molecule has 0 saturated carbocycles. The smallest absolute Gasteiger partial charge is 0.329 e. The number of cyclic esters (lactones) is 1. The third-order valence-corrected chi connectivity index (χ3v) is 6.02. The molecular weight excluding hydrogens is 368 g/mol. The zero-order valence-electron chi connectivity index (χ0n) is 15.8. The Hall–Kier alpha value is -1.60. The maximum Gasteiger partial charge on any atom is 0.329 e. The molecule has 7 heteroatoms. The molecule has 1 heterocycles. The first-order valence-corrected chi connectivity index (χ1v) is 10.3. The SMILES string of the molecule is CCN(CC)C(=S)SCC(=O)N(c1c(C)cccc1C)C1CCOC1=O. The minimum Gasteiger partial charge on any atom is -0.464 e. The van der Waals surface area contributed by atoms with Gasteiger partial charge in [-0.3, -0.25) is 9.69 Å². The summed E-state index contributed by atoms with van der Waals surface area (Å²) in [5.41, 5.74) is 2.74. The fraction of sp³-hybridized carbons (Fsp3) is 0.526. The maximum atomic E-state index is 13.1. The van der Waals surface area contributed by atoms with Crippen LogP contribution >= 0.6 is 24.0 Å². The van der Waals surface area contributed by atoms with Crippen molar-refractivity contribution in [3.8, 4) is 0 Å². The number of aryl methyl sites for hydroxylation is 2. The number of carbonyl (C=O) groups is 2. The molecule has 1 aromatic carbocycles. The van der Waals surface area contributed by atoms with Crippen molar-refractivity contribution in [1.29, 1.82) is 0 Å². The first kappa shape index (κ1) is 20.7. The molecule has 1 atom stereocenters. The highest BCUT2D eigenvalue weighted by molar-refractivity contribution is 8.23. The van der Waals surface area contributed by atoms with Crippen LogP contribution in [0.1, 0.15) is 31.4 Å². The molecule has 0 radical (unpaired) electrons. The Labute approximate surface area is 165 Å². The quantitative estimate of drug-likeness (QED) is 0.545. The average molecular weight is 395 g/mol. The summed E-state index contributed by atoms with van der Waals surface area (Å²) in [4.78, 5) is 29.0. The van der Waals surface area contributed by atoms with Crippen LogP contribution in [0, 0.1) is 13.8 Å². The number of benzene rings is 1. The first-order chi connectivity index (χ1) is 12.4.